The lowest BCUT2D eigenvalue weighted by molar-refractivity contribution is -0.359. The molecule has 0 amide bonds. The number of carboxylic acid groups (broad SMARTS) is 2. The van der Waals surface area contributed by atoms with Gasteiger partial charge in [-0.15, -0.1) is 0 Å². The van der Waals surface area contributed by atoms with E-state index >= 15 is 0 Å². The molecule has 0 saturated carbocycles. The van der Waals surface area contributed by atoms with Crippen LogP contribution in [0.25, 0.3) is 0 Å². The van der Waals surface area contributed by atoms with Crippen LogP contribution >= 0.6 is 0 Å². The number of rotatable bonds is 5. The van der Waals surface area contributed by atoms with Gasteiger partial charge in [-0.1, -0.05) is 0 Å². The van der Waals surface area contributed by atoms with Gasteiger partial charge in [-0.05, 0) is 0 Å². The van der Waals surface area contributed by atoms with Crippen molar-refractivity contribution < 1.29 is 40.2 Å². The van der Waals surface area contributed by atoms with Crippen LogP contribution in [0, 0.1) is 0 Å². The summed E-state index contributed by atoms with van der Waals surface area (Å²) in [4.78, 5) is 20.4. The maximum Gasteiger partial charge on any atom is 0.171 e. The van der Waals surface area contributed by atoms with Gasteiger partial charge in [0.15, 0.2) is 5.60 Å². The summed E-state index contributed by atoms with van der Waals surface area (Å²) >= 11 is 0. The SMILES string of the molecule is O=C([O-])C(O)(C(=O)[O-])C(O)C(O)CO. The largest absolute Gasteiger partial charge is 0.546 e. The predicted octanol–water partition coefficient (Wildman–Crippen LogP) is -6.07. The van der Waals surface area contributed by atoms with E-state index in [1.54, 1.807) is 0 Å². The summed E-state index contributed by atoms with van der Waals surface area (Å²) in [5.74, 6) is -5.09. The van der Waals surface area contributed by atoms with Gasteiger partial charge in [0.25, 0.3) is 0 Å². The lowest BCUT2D eigenvalue weighted by atomic mass is 9.93. The quantitative estimate of drug-likeness (QED) is 0.324. The van der Waals surface area contributed by atoms with Crippen molar-refractivity contribution in [2.45, 2.75) is 17.8 Å². The van der Waals surface area contributed by atoms with E-state index in [1.807, 2.05) is 0 Å². The Morgan fingerprint density at radius 3 is 1.79 bits per heavy atom. The molecule has 0 bridgehead atoms. The van der Waals surface area contributed by atoms with Crippen LogP contribution in [-0.4, -0.2) is 56.8 Å². The molecule has 0 rings (SSSR count). The van der Waals surface area contributed by atoms with E-state index in [1.165, 1.54) is 0 Å². The first-order valence-corrected chi connectivity index (χ1v) is 3.40. The second-order valence-corrected chi connectivity index (χ2v) is 2.54. The molecule has 4 N–H and O–H groups in total. The third-order valence-electron chi connectivity index (χ3n) is 1.60. The van der Waals surface area contributed by atoms with Crippen molar-refractivity contribution in [2.24, 2.45) is 0 Å². The van der Waals surface area contributed by atoms with Crippen molar-refractivity contribution in [3.05, 3.63) is 0 Å². The monoisotopic (exact) mass is 208 g/mol. The Morgan fingerprint density at radius 2 is 1.57 bits per heavy atom. The topological polar surface area (TPSA) is 161 Å². The summed E-state index contributed by atoms with van der Waals surface area (Å²) in [7, 11) is 0. The first-order valence-electron chi connectivity index (χ1n) is 3.40. The van der Waals surface area contributed by atoms with Crippen LogP contribution < -0.4 is 10.2 Å². The van der Waals surface area contributed by atoms with Crippen LogP contribution in [0.5, 0.6) is 0 Å². The molecule has 0 aromatic rings. The summed E-state index contributed by atoms with van der Waals surface area (Å²) < 4.78 is 0. The predicted molar refractivity (Wildman–Crippen MR) is 34.1 cm³/mol. The molecule has 8 heteroatoms. The molecular formula is C6H8O8-2. The first kappa shape index (κ1) is 12.8. The van der Waals surface area contributed by atoms with Crippen molar-refractivity contribution in [1.29, 1.82) is 0 Å². The van der Waals surface area contributed by atoms with Gasteiger partial charge in [0.2, 0.25) is 0 Å². The smallest absolute Gasteiger partial charge is 0.171 e. The van der Waals surface area contributed by atoms with Crippen molar-refractivity contribution in [3.63, 3.8) is 0 Å². The molecule has 0 aliphatic rings. The fraction of sp³-hybridized carbons (Fsp3) is 0.667. The Balaban J connectivity index is 5.02. The average molecular weight is 208 g/mol. The number of hydrogen-bond donors (Lipinski definition) is 4. The van der Waals surface area contributed by atoms with Gasteiger partial charge in [0, 0.05) is 0 Å². The van der Waals surface area contributed by atoms with E-state index in [9.17, 15) is 19.8 Å². The molecule has 14 heavy (non-hydrogen) atoms. The number of hydrogen-bond acceptors (Lipinski definition) is 8. The lowest BCUT2D eigenvalue weighted by Crippen LogP contribution is -2.68. The minimum absolute atomic E-state index is 1.13. The highest BCUT2D eigenvalue weighted by molar-refractivity contribution is 6.00. The van der Waals surface area contributed by atoms with Crippen LogP contribution in [0.15, 0.2) is 0 Å². The normalized spacial score (nSPS) is 16.0. The minimum Gasteiger partial charge on any atom is -0.546 e. The highest BCUT2D eigenvalue weighted by atomic mass is 16.5. The zero-order valence-electron chi connectivity index (χ0n) is 6.78. The molecule has 0 heterocycles. The summed E-state index contributed by atoms with van der Waals surface area (Å²) in [5.41, 5.74) is -3.76. The van der Waals surface area contributed by atoms with E-state index in [0.717, 1.165) is 0 Å². The third-order valence-corrected chi connectivity index (χ3v) is 1.60. The summed E-state index contributed by atoms with van der Waals surface area (Å²) in [6.45, 7) is -1.13. The molecule has 0 radical (unpaired) electrons. The van der Waals surface area contributed by atoms with Gasteiger partial charge in [0.05, 0.1) is 18.5 Å². The highest BCUT2D eigenvalue weighted by Crippen LogP contribution is 2.12. The third kappa shape index (κ3) is 1.99. The standard InChI is InChI=1S/C6H10O8/c7-1-2(8)3(9)6(14,4(10)11)5(12)13/h2-3,7-9,14H,1H2,(H,10,11)(H,12,13)/p-2. The number of carbonyl (C=O) groups is 2. The molecule has 0 aliphatic heterocycles. The van der Waals surface area contributed by atoms with E-state index in [4.69, 9.17) is 20.4 Å². The molecule has 2 atom stereocenters. The average Bonchev–Trinajstić information content (AvgIpc) is 2.13. The molecule has 2 unspecified atom stereocenters. The highest BCUT2D eigenvalue weighted by Gasteiger charge is 2.43. The van der Waals surface area contributed by atoms with Gasteiger partial charge in [-0.2, -0.15) is 0 Å². The molecule has 0 saturated heterocycles. The van der Waals surface area contributed by atoms with Crippen LogP contribution in [0.4, 0.5) is 0 Å². The van der Waals surface area contributed by atoms with Gasteiger partial charge < -0.3 is 40.2 Å². The fourth-order valence-electron chi connectivity index (χ4n) is 0.703. The van der Waals surface area contributed by atoms with E-state index in [0.29, 0.717) is 0 Å². The molecule has 0 aliphatic carbocycles. The summed E-state index contributed by atoms with van der Waals surface area (Å²) in [6.07, 6.45) is -4.79. The van der Waals surface area contributed by atoms with Crippen LogP contribution in [0.2, 0.25) is 0 Å². The lowest BCUT2D eigenvalue weighted by Gasteiger charge is -2.36. The van der Waals surface area contributed by atoms with Gasteiger partial charge in [-0.3, -0.25) is 0 Å². The van der Waals surface area contributed by atoms with Gasteiger partial charge in [0.1, 0.15) is 12.2 Å². The van der Waals surface area contributed by atoms with Crippen molar-refractivity contribution in [1.82, 2.24) is 0 Å². The van der Waals surface area contributed by atoms with Gasteiger partial charge >= 0.3 is 0 Å². The van der Waals surface area contributed by atoms with Crippen molar-refractivity contribution in [3.8, 4) is 0 Å². The zero-order valence-corrected chi connectivity index (χ0v) is 6.78. The van der Waals surface area contributed by atoms with Crippen LogP contribution in [0.3, 0.4) is 0 Å². The number of aliphatic carboxylic acids is 2. The van der Waals surface area contributed by atoms with Crippen LogP contribution in [-0.2, 0) is 9.59 Å². The second kappa shape index (κ2) is 4.33. The second-order valence-electron chi connectivity index (χ2n) is 2.54. The first-order chi connectivity index (χ1) is 6.28. The Bertz CT molecular complexity index is 222. The Morgan fingerprint density at radius 1 is 1.21 bits per heavy atom. The maximum atomic E-state index is 10.2. The molecular weight excluding hydrogens is 200 g/mol. The summed E-state index contributed by atoms with van der Waals surface area (Å²) in [6, 6.07) is 0. The van der Waals surface area contributed by atoms with Crippen molar-refractivity contribution >= 4 is 11.9 Å². The maximum absolute atomic E-state index is 10.2. The van der Waals surface area contributed by atoms with E-state index in [2.05, 4.69) is 0 Å². The Kier molecular flexibility index (Phi) is 3.95. The Labute approximate surface area is 77.7 Å². The van der Waals surface area contributed by atoms with E-state index < -0.39 is 36.4 Å². The summed E-state index contributed by atoms with van der Waals surface area (Å²) in [5, 5.41) is 55.1. The van der Waals surface area contributed by atoms with Gasteiger partial charge in [-0.25, -0.2) is 0 Å². The molecule has 0 spiro atoms. The molecule has 82 valence electrons. The number of carboxylic acids is 2. The van der Waals surface area contributed by atoms with Crippen molar-refractivity contribution in [2.75, 3.05) is 6.61 Å². The fourth-order valence-corrected chi connectivity index (χ4v) is 0.703. The number of aliphatic hydroxyl groups excluding tert-OH is 3. The van der Waals surface area contributed by atoms with Crippen LogP contribution in [0.1, 0.15) is 0 Å². The molecule has 8 nitrogen and oxygen atoms in total. The zero-order chi connectivity index (χ0) is 11.5. The Hall–Kier alpha value is -1.22. The minimum atomic E-state index is -3.76. The van der Waals surface area contributed by atoms with E-state index in [-0.39, 0.29) is 0 Å². The number of carbonyl (C=O) groups excluding carboxylic acids is 2. The molecule has 0 aromatic carbocycles. The number of aliphatic hydroxyl groups is 4. The molecule has 0 aromatic heterocycles. The molecule has 0 fully saturated rings.